The van der Waals surface area contributed by atoms with Gasteiger partial charge in [0.25, 0.3) is 0 Å². The highest BCUT2D eigenvalue weighted by molar-refractivity contribution is 7.77. The predicted octanol–water partition coefficient (Wildman–Crippen LogP) is 7.75. The third kappa shape index (κ3) is 7.92. The molecule has 5 aromatic rings. The summed E-state index contributed by atoms with van der Waals surface area (Å²) in [5.74, 6) is -0.529. The summed E-state index contributed by atoms with van der Waals surface area (Å²) < 4.78 is 39.2. The topological polar surface area (TPSA) is 97.4 Å². The third-order valence-corrected chi connectivity index (χ3v) is 8.40. The Morgan fingerprint density at radius 3 is 2.14 bits per heavy atom. The molecule has 43 heavy (non-hydrogen) atoms. The second kappa shape index (κ2) is 14.5. The van der Waals surface area contributed by atoms with E-state index in [0.717, 1.165) is 28.0 Å². The monoisotopic (exact) mass is 633 g/mol. The second-order valence-corrected chi connectivity index (χ2v) is 11.9. The van der Waals surface area contributed by atoms with Gasteiger partial charge in [-0.2, -0.15) is 0 Å². The maximum Gasteiger partial charge on any atom is 0.328 e. The normalized spacial score (nSPS) is 11.8. The van der Waals surface area contributed by atoms with Crippen LogP contribution in [-0.4, -0.2) is 26.3 Å². The number of urea groups is 1. The van der Waals surface area contributed by atoms with Gasteiger partial charge >= 0.3 is 6.03 Å². The summed E-state index contributed by atoms with van der Waals surface area (Å²) in [7, 11) is 0. The van der Waals surface area contributed by atoms with Gasteiger partial charge in [-0.15, -0.1) is 0 Å². The molecular weight excluding hydrogens is 607 g/mol. The lowest BCUT2D eigenvalue weighted by Gasteiger charge is -2.26. The molecule has 0 bridgehead atoms. The Kier molecular flexibility index (Phi) is 10.3. The summed E-state index contributed by atoms with van der Waals surface area (Å²) in [4.78, 5) is 19.6. The van der Waals surface area contributed by atoms with Gasteiger partial charge in [0.05, 0.1) is 5.69 Å². The maximum absolute atomic E-state index is 15.0. The van der Waals surface area contributed by atoms with E-state index >= 15 is 4.39 Å². The van der Waals surface area contributed by atoms with E-state index in [9.17, 15) is 13.6 Å². The van der Waals surface area contributed by atoms with Crippen LogP contribution in [0.25, 0.3) is 11.3 Å². The molecule has 0 aliphatic heterocycles. The summed E-state index contributed by atoms with van der Waals surface area (Å²) in [6.07, 6.45) is 0.542. The lowest BCUT2D eigenvalue weighted by Crippen LogP contribution is -2.37. The number of anilines is 2. The molecule has 220 valence electrons. The minimum absolute atomic E-state index is 0.0165. The Morgan fingerprint density at radius 1 is 0.930 bits per heavy atom. The minimum Gasteiger partial charge on any atom is -0.760 e. The Balaban J connectivity index is 1.37. The molecule has 1 aromatic heterocycles. The Hall–Kier alpha value is -3.93. The van der Waals surface area contributed by atoms with E-state index in [1.54, 1.807) is 42.5 Å². The van der Waals surface area contributed by atoms with Gasteiger partial charge in [0.1, 0.15) is 15.8 Å². The molecule has 2 amide bonds. The van der Waals surface area contributed by atoms with Crippen LogP contribution in [0.4, 0.5) is 20.0 Å². The van der Waals surface area contributed by atoms with E-state index < -0.39 is 23.1 Å². The summed E-state index contributed by atoms with van der Waals surface area (Å²) in [5, 5.41) is 3.08. The van der Waals surface area contributed by atoms with Gasteiger partial charge in [0.2, 0.25) is 0 Å². The van der Waals surface area contributed by atoms with Crippen LogP contribution in [0.2, 0.25) is 4.34 Å². The van der Waals surface area contributed by atoms with Crippen LogP contribution in [0, 0.1) is 5.82 Å². The molecule has 1 atom stereocenters. The van der Waals surface area contributed by atoms with Gasteiger partial charge in [0, 0.05) is 35.8 Å². The first-order valence-corrected chi connectivity index (χ1v) is 15.7. The lowest BCUT2D eigenvalue weighted by molar-refractivity contribution is 0.256. The van der Waals surface area contributed by atoms with Crippen LogP contribution >= 0.6 is 22.9 Å². The molecule has 4 aromatic carbocycles. The van der Waals surface area contributed by atoms with E-state index in [1.165, 1.54) is 11.0 Å². The summed E-state index contributed by atoms with van der Waals surface area (Å²) >= 11 is 5.25. The number of thiazole rings is 1. The number of benzene rings is 4. The molecule has 11 heteroatoms. The molecule has 7 nitrogen and oxygen atoms in total. The second-order valence-electron chi connectivity index (χ2n) is 9.59. The van der Waals surface area contributed by atoms with Crippen LogP contribution < -0.4 is 14.9 Å². The molecule has 0 aliphatic carbocycles. The van der Waals surface area contributed by atoms with E-state index in [1.807, 2.05) is 36.4 Å². The number of hydrogen-bond acceptors (Lipinski definition) is 5. The van der Waals surface area contributed by atoms with Crippen molar-refractivity contribution in [3.05, 3.63) is 136 Å². The average Bonchev–Trinajstić information content (AvgIpc) is 3.39. The van der Waals surface area contributed by atoms with Crippen LogP contribution in [0.1, 0.15) is 29.0 Å². The first kappa shape index (κ1) is 30.5. The largest absolute Gasteiger partial charge is 0.760 e. The molecule has 2 N–H and O–H groups in total. The summed E-state index contributed by atoms with van der Waals surface area (Å²) in [6.45, 7) is 0.389. The standard InChI is InChI=1S/C32H28ClFN4O3S2/c33-30-29(25-17-15-22(16-18-25)21-35-43(40)41)36-31(42-30)37-32(39)38(28-14-8-7-13-27(28)34)20-19-26(23-9-3-1-4-10-23)24-11-5-2-6-12-24/h1-18,26,35H,19-21H2,(H,40,41)(H,36,37,39)/p-1. The van der Waals surface area contributed by atoms with Gasteiger partial charge in [-0.1, -0.05) is 120 Å². The van der Waals surface area contributed by atoms with Gasteiger partial charge < -0.3 is 4.55 Å². The van der Waals surface area contributed by atoms with Gasteiger partial charge in [-0.25, -0.2) is 18.9 Å². The highest BCUT2D eigenvalue weighted by Gasteiger charge is 2.24. The van der Waals surface area contributed by atoms with Gasteiger partial charge in [-0.05, 0) is 35.2 Å². The Labute approximate surface area is 260 Å². The summed E-state index contributed by atoms with van der Waals surface area (Å²) in [5.41, 5.74) is 4.29. The van der Waals surface area contributed by atoms with Crippen LogP contribution in [0.15, 0.2) is 109 Å². The predicted molar refractivity (Wildman–Crippen MR) is 170 cm³/mol. The number of halogens is 2. The summed E-state index contributed by atoms with van der Waals surface area (Å²) in [6, 6.07) is 32.8. The molecule has 0 aliphatic rings. The van der Waals surface area contributed by atoms with Crippen molar-refractivity contribution in [2.24, 2.45) is 0 Å². The van der Waals surface area contributed by atoms with Gasteiger partial charge in [0.15, 0.2) is 5.13 Å². The fourth-order valence-electron chi connectivity index (χ4n) is 4.77. The quantitative estimate of drug-likeness (QED) is 0.145. The van der Waals surface area contributed by atoms with Crippen molar-refractivity contribution < 1.29 is 17.9 Å². The minimum atomic E-state index is -2.36. The third-order valence-electron chi connectivity index (χ3n) is 6.85. The zero-order chi connectivity index (χ0) is 30.2. The van der Waals surface area contributed by atoms with Crippen LogP contribution in [-0.2, 0) is 17.8 Å². The molecule has 0 saturated heterocycles. The van der Waals surface area contributed by atoms with E-state index in [0.29, 0.717) is 22.0 Å². The fourth-order valence-corrected chi connectivity index (χ4v) is 6.13. The van der Waals surface area contributed by atoms with E-state index in [2.05, 4.69) is 39.3 Å². The molecule has 5 rings (SSSR count). The number of rotatable bonds is 11. The number of amides is 2. The Morgan fingerprint density at radius 2 is 1.53 bits per heavy atom. The zero-order valence-electron chi connectivity index (χ0n) is 22.8. The molecule has 0 radical (unpaired) electrons. The van der Waals surface area contributed by atoms with Crippen LogP contribution in [0.3, 0.4) is 0 Å². The van der Waals surface area contributed by atoms with E-state index in [-0.39, 0.29) is 29.8 Å². The molecule has 0 saturated carbocycles. The lowest BCUT2D eigenvalue weighted by atomic mass is 9.88. The molecule has 0 fully saturated rings. The molecule has 1 heterocycles. The molecule has 1 unspecified atom stereocenters. The van der Waals surface area contributed by atoms with Crippen molar-refractivity contribution in [2.45, 2.75) is 18.9 Å². The van der Waals surface area contributed by atoms with Crippen molar-refractivity contribution in [2.75, 3.05) is 16.8 Å². The van der Waals surface area contributed by atoms with Crippen molar-refractivity contribution in [3.63, 3.8) is 0 Å². The first-order chi connectivity index (χ1) is 20.9. The number of para-hydroxylation sites is 1. The first-order valence-electron chi connectivity index (χ1n) is 13.4. The molecule has 0 spiro atoms. The maximum atomic E-state index is 15.0. The molecular formula is C32H27ClFN4O3S2-. The number of nitrogens with one attached hydrogen (secondary N) is 2. The number of aromatic nitrogens is 1. The van der Waals surface area contributed by atoms with Crippen molar-refractivity contribution >= 4 is 51.1 Å². The number of nitrogens with zero attached hydrogens (tertiary/aromatic N) is 2. The highest BCUT2D eigenvalue weighted by atomic mass is 35.5. The number of carbonyl (C=O) groups excluding carboxylic acids is 1. The number of carbonyl (C=O) groups is 1. The van der Waals surface area contributed by atoms with Gasteiger partial charge in [-0.3, -0.25) is 14.4 Å². The SMILES string of the molecule is O=C(Nc1nc(-c2ccc(CNS(=O)[O-])cc2)c(Cl)s1)N(CCC(c1ccccc1)c1ccccc1)c1ccccc1F. The Bertz CT molecular complexity index is 1650. The van der Waals surface area contributed by atoms with Crippen LogP contribution in [0.5, 0.6) is 0 Å². The smallest absolute Gasteiger partial charge is 0.328 e. The zero-order valence-corrected chi connectivity index (χ0v) is 25.2. The number of hydrogen-bond donors (Lipinski definition) is 2. The average molecular weight is 634 g/mol. The highest BCUT2D eigenvalue weighted by Crippen LogP contribution is 2.36. The fraction of sp³-hybridized carbons (Fsp3) is 0.125. The van der Waals surface area contributed by atoms with Crippen molar-refractivity contribution in [3.8, 4) is 11.3 Å². The van der Waals surface area contributed by atoms with Crippen molar-refractivity contribution in [1.29, 1.82) is 0 Å². The van der Waals surface area contributed by atoms with Crippen molar-refractivity contribution in [1.82, 2.24) is 9.71 Å². The van der Waals surface area contributed by atoms with E-state index in [4.69, 9.17) is 11.6 Å².